The molecule has 1 atom stereocenters. The number of carboxylic acid groups (broad SMARTS) is 1. The Hall–Kier alpha value is -1.63. The van der Waals surface area contributed by atoms with E-state index in [9.17, 15) is 17.1 Å². The number of ether oxygens (including phenoxy) is 1. The molecule has 0 spiro atoms. The number of halogens is 1. The van der Waals surface area contributed by atoms with Crippen LogP contribution in [0.3, 0.4) is 0 Å². The van der Waals surface area contributed by atoms with Crippen LogP contribution in [0.2, 0.25) is 0 Å². The van der Waals surface area contributed by atoms with Crippen molar-refractivity contribution >= 4 is 16.2 Å². The summed E-state index contributed by atoms with van der Waals surface area (Å²) in [4.78, 5) is 10.2. The van der Waals surface area contributed by atoms with Crippen LogP contribution < -0.4 is 4.74 Å². The van der Waals surface area contributed by atoms with Gasteiger partial charge >= 0.3 is 16.2 Å². The van der Waals surface area contributed by atoms with Crippen molar-refractivity contribution in [1.29, 1.82) is 0 Å². The Bertz CT molecular complexity index is 551. The number of benzene rings is 1. The Morgan fingerprint density at radius 3 is 2.75 bits per heavy atom. The van der Waals surface area contributed by atoms with Gasteiger partial charge in [0.25, 0.3) is 0 Å². The third kappa shape index (κ3) is 1.73. The van der Waals surface area contributed by atoms with Crippen LogP contribution in [-0.4, -0.2) is 26.1 Å². The molecule has 0 bridgehead atoms. The van der Waals surface area contributed by atoms with Crippen molar-refractivity contribution in [2.24, 2.45) is 0 Å². The maximum absolute atomic E-state index is 12.7. The zero-order valence-corrected chi connectivity index (χ0v) is 8.70. The van der Waals surface area contributed by atoms with Gasteiger partial charge in [0.15, 0.2) is 0 Å². The van der Waals surface area contributed by atoms with E-state index in [1.165, 1.54) is 6.07 Å². The fraction of sp³-hybridized carbons (Fsp3) is 0.222. The van der Waals surface area contributed by atoms with Gasteiger partial charge in [-0.1, -0.05) is 0 Å². The molecule has 1 aromatic rings. The van der Waals surface area contributed by atoms with Crippen LogP contribution in [0.1, 0.15) is 11.5 Å². The highest BCUT2D eigenvalue weighted by Crippen LogP contribution is 2.35. The van der Waals surface area contributed by atoms with E-state index in [-0.39, 0.29) is 17.9 Å². The lowest BCUT2D eigenvalue weighted by Crippen LogP contribution is -2.12. The second-order valence-electron chi connectivity index (χ2n) is 3.34. The van der Waals surface area contributed by atoms with E-state index in [1.54, 1.807) is 0 Å². The predicted octanol–water partition coefficient (Wildman–Crippen LogP) is 0.905. The van der Waals surface area contributed by atoms with Gasteiger partial charge in [0.2, 0.25) is 0 Å². The third-order valence-electron chi connectivity index (χ3n) is 2.34. The number of hydrogen-bond donors (Lipinski definition) is 1. The zero-order valence-electron chi connectivity index (χ0n) is 7.88. The summed E-state index contributed by atoms with van der Waals surface area (Å²) in [6.45, 7) is -0.0690. The van der Waals surface area contributed by atoms with E-state index in [0.29, 0.717) is 0 Å². The van der Waals surface area contributed by atoms with E-state index < -0.39 is 27.0 Å². The average molecular weight is 246 g/mol. The molecule has 5 nitrogen and oxygen atoms in total. The Kier molecular flexibility index (Phi) is 2.34. The first-order valence-corrected chi connectivity index (χ1v) is 5.72. The van der Waals surface area contributed by atoms with Gasteiger partial charge in [-0.05, 0) is 18.2 Å². The third-order valence-corrected chi connectivity index (χ3v) is 3.16. The maximum Gasteiger partial charge on any atom is 0.332 e. The molecule has 0 saturated heterocycles. The fourth-order valence-electron chi connectivity index (χ4n) is 1.55. The van der Waals surface area contributed by atoms with Gasteiger partial charge in [-0.2, -0.15) is 8.42 Å². The highest BCUT2D eigenvalue weighted by Gasteiger charge is 2.31. The van der Waals surface area contributed by atoms with Crippen molar-refractivity contribution in [3.8, 4) is 5.75 Å². The summed E-state index contributed by atoms with van der Waals surface area (Å²) >= 11 is 0. The molecule has 0 fully saturated rings. The van der Waals surface area contributed by atoms with Crippen LogP contribution in [0, 0.1) is 0 Å². The summed E-state index contributed by atoms with van der Waals surface area (Å²) in [5, 5.41) is 8.83. The first-order valence-electron chi connectivity index (χ1n) is 4.34. The maximum atomic E-state index is 12.7. The Morgan fingerprint density at radius 2 is 2.19 bits per heavy atom. The second kappa shape index (κ2) is 3.44. The Balaban J connectivity index is 2.54. The molecule has 1 aromatic carbocycles. The predicted molar refractivity (Wildman–Crippen MR) is 50.6 cm³/mol. The number of aliphatic carboxylic acids is 1. The van der Waals surface area contributed by atoms with Gasteiger partial charge in [0.1, 0.15) is 18.3 Å². The molecule has 7 heteroatoms. The molecule has 1 unspecified atom stereocenters. The lowest BCUT2D eigenvalue weighted by molar-refractivity contribution is -0.138. The van der Waals surface area contributed by atoms with Crippen LogP contribution in [0.4, 0.5) is 3.89 Å². The monoisotopic (exact) mass is 246 g/mol. The first kappa shape index (κ1) is 10.9. The molecule has 0 aliphatic carbocycles. The summed E-state index contributed by atoms with van der Waals surface area (Å²) < 4.78 is 39.1. The minimum atomic E-state index is -4.82. The average Bonchev–Trinajstić information content (AvgIpc) is 2.58. The van der Waals surface area contributed by atoms with Crippen LogP contribution in [-0.2, 0) is 15.0 Å². The van der Waals surface area contributed by atoms with Gasteiger partial charge in [-0.15, -0.1) is 3.89 Å². The smallest absolute Gasteiger partial charge is 0.332 e. The normalized spacial score (nSPS) is 18.9. The van der Waals surface area contributed by atoms with E-state index >= 15 is 0 Å². The van der Waals surface area contributed by atoms with Gasteiger partial charge in [-0.3, -0.25) is 4.79 Å². The summed E-state index contributed by atoms with van der Waals surface area (Å²) in [6, 6.07) is 3.29. The summed E-state index contributed by atoms with van der Waals surface area (Å²) in [6.07, 6.45) is 0. The van der Waals surface area contributed by atoms with Crippen molar-refractivity contribution in [3.05, 3.63) is 23.8 Å². The number of fused-ring (bicyclic) bond motifs is 1. The SMILES string of the molecule is O=C(O)C1COc2ccc(S(=O)(=O)F)cc21. The van der Waals surface area contributed by atoms with Crippen LogP contribution in [0.5, 0.6) is 5.75 Å². The molecule has 16 heavy (non-hydrogen) atoms. The molecular formula is C9H7FO5S. The lowest BCUT2D eigenvalue weighted by atomic mass is 10.0. The van der Waals surface area contributed by atoms with Crippen molar-refractivity contribution in [1.82, 2.24) is 0 Å². The fourth-order valence-corrected chi connectivity index (χ4v) is 2.05. The summed E-state index contributed by atoms with van der Waals surface area (Å²) in [5.74, 6) is -1.80. The number of carbonyl (C=O) groups is 1. The topological polar surface area (TPSA) is 80.7 Å². The molecule has 86 valence electrons. The number of hydrogen-bond acceptors (Lipinski definition) is 4. The summed E-state index contributed by atoms with van der Waals surface area (Å²) in [5.41, 5.74) is 0.186. The largest absolute Gasteiger partial charge is 0.492 e. The first-order chi connectivity index (χ1) is 7.39. The van der Waals surface area contributed by atoms with E-state index in [1.807, 2.05) is 0 Å². The molecule has 1 N–H and O–H groups in total. The molecule has 0 saturated carbocycles. The Labute approximate surface area is 90.7 Å². The highest BCUT2D eigenvalue weighted by molar-refractivity contribution is 7.86. The summed E-state index contributed by atoms with van der Waals surface area (Å²) in [7, 11) is -4.82. The minimum Gasteiger partial charge on any atom is -0.492 e. The quantitative estimate of drug-likeness (QED) is 0.784. The number of carboxylic acids is 1. The Morgan fingerprint density at radius 1 is 1.50 bits per heavy atom. The van der Waals surface area contributed by atoms with Crippen molar-refractivity contribution in [2.45, 2.75) is 10.8 Å². The van der Waals surface area contributed by atoms with Crippen LogP contribution >= 0.6 is 0 Å². The van der Waals surface area contributed by atoms with Crippen LogP contribution in [0.25, 0.3) is 0 Å². The molecule has 0 aromatic heterocycles. The standard InChI is InChI=1S/C9H7FO5S/c10-16(13,14)5-1-2-8-6(3-5)7(4-15-8)9(11)12/h1-3,7H,4H2,(H,11,12). The van der Waals surface area contributed by atoms with E-state index in [4.69, 9.17) is 9.84 Å². The van der Waals surface area contributed by atoms with Crippen LogP contribution in [0.15, 0.2) is 23.1 Å². The molecule has 0 radical (unpaired) electrons. The lowest BCUT2D eigenvalue weighted by Gasteiger charge is -2.02. The second-order valence-corrected chi connectivity index (χ2v) is 4.69. The van der Waals surface area contributed by atoms with Gasteiger partial charge < -0.3 is 9.84 Å². The van der Waals surface area contributed by atoms with Gasteiger partial charge in [0, 0.05) is 5.56 Å². The molecule has 2 rings (SSSR count). The van der Waals surface area contributed by atoms with Gasteiger partial charge in [-0.25, -0.2) is 0 Å². The molecule has 1 heterocycles. The minimum absolute atomic E-state index is 0.0690. The van der Waals surface area contributed by atoms with E-state index in [2.05, 4.69) is 0 Å². The highest BCUT2D eigenvalue weighted by atomic mass is 32.3. The van der Waals surface area contributed by atoms with Crippen molar-refractivity contribution < 1.29 is 26.9 Å². The van der Waals surface area contributed by atoms with Crippen molar-refractivity contribution in [3.63, 3.8) is 0 Å². The van der Waals surface area contributed by atoms with E-state index in [0.717, 1.165) is 12.1 Å². The van der Waals surface area contributed by atoms with Crippen molar-refractivity contribution in [2.75, 3.05) is 6.61 Å². The molecule has 1 aliphatic heterocycles. The molecular weight excluding hydrogens is 239 g/mol. The molecule has 1 aliphatic rings. The van der Waals surface area contributed by atoms with Gasteiger partial charge in [0.05, 0.1) is 4.90 Å². The number of rotatable bonds is 2. The molecule has 0 amide bonds. The zero-order chi connectivity index (χ0) is 11.9.